The molecule has 0 spiro atoms. The zero-order valence-electron chi connectivity index (χ0n) is 11.3. The maximum absolute atomic E-state index is 12.1. The molecule has 1 aromatic rings. The second kappa shape index (κ2) is 6.50. The van der Waals surface area contributed by atoms with Crippen molar-refractivity contribution in [2.75, 3.05) is 0 Å². The highest BCUT2D eigenvalue weighted by Gasteiger charge is 2.23. The lowest BCUT2D eigenvalue weighted by Gasteiger charge is -2.20. The molecule has 10 heteroatoms. The molecule has 1 amide bonds. The molecule has 1 aromatic carbocycles. The fourth-order valence-electron chi connectivity index (χ4n) is 1.44. The SMILES string of the molecule is CC(NS(=O)(=O)c1ccc([N+](=O)[O-])cc1)C(C)OC(N)=O. The summed E-state index contributed by atoms with van der Waals surface area (Å²) in [7, 11) is -3.89. The number of benzene rings is 1. The molecule has 1 rings (SSSR count). The van der Waals surface area contributed by atoms with Crippen LogP contribution < -0.4 is 10.5 Å². The summed E-state index contributed by atoms with van der Waals surface area (Å²) in [5.41, 5.74) is 4.63. The topological polar surface area (TPSA) is 142 Å². The summed E-state index contributed by atoms with van der Waals surface area (Å²) in [5, 5.41) is 10.5. The van der Waals surface area contributed by atoms with Gasteiger partial charge in [0, 0.05) is 12.1 Å². The van der Waals surface area contributed by atoms with Gasteiger partial charge in [0.15, 0.2) is 0 Å². The van der Waals surface area contributed by atoms with Gasteiger partial charge in [0.2, 0.25) is 10.0 Å². The number of carbonyl (C=O) groups excluding carboxylic acids is 1. The van der Waals surface area contributed by atoms with Gasteiger partial charge in [0.1, 0.15) is 6.10 Å². The minimum Gasteiger partial charge on any atom is -0.445 e. The largest absolute Gasteiger partial charge is 0.445 e. The number of hydrogen-bond donors (Lipinski definition) is 2. The molecule has 0 radical (unpaired) electrons. The molecule has 3 N–H and O–H groups in total. The maximum Gasteiger partial charge on any atom is 0.404 e. The third-order valence-corrected chi connectivity index (χ3v) is 4.28. The molecule has 0 saturated heterocycles. The summed E-state index contributed by atoms with van der Waals surface area (Å²) in [6, 6.07) is 3.68. The van der Waals surface area contributed by atoms with Crippen molar-refractivity contribution >= 4 is 21.8 Å². The highest BCUT2D eigenvalue weighted by Crippen LogP contribution is 2.16. The standard InChI is InChI=1S/C11H15N3O6S/c1-7(8(2)20-11(12)15)13-21(18,19)10-5-3-9(4-6-10)14(16)17/h3-8,13H,1-2H3,(H2,12,15). The van der Waals surface area contributed by atoms with Crippen LogP contribution in [0.2, 0.25) is 0 Å². The number of primary amides is 1. The highest BCUT2D eigenvalue weighted by molar-refractivity contribution is 7.89. The molecule has 0 aliphatic carbocycles. The molecule has 0 bridgehead atoms. The number of nitrogens with two attached hydrogens (primary N) is 1. The Morgan fingerprint density at radius 1 is 1.33 bits per heavy atom. The number of rotatable bonds is 6. The van der Waals surface area contributed by atoms with Crippen LogP contribution in [0.3, 0.4) is 0 Å². The zero-order valence-corrected chi connectivity index (χ0v) is 12.2. The average Bonchev–Trinajstić information content (AvgIpc) is 2.37. The van der Waals surface area contributed by atoms with Crippen LogP contribution >= 0.6 is 0 Å². The molecule has 9 nitrogen and oxygen atoms in total. The van der Waals surface area contributed by atoms with Crippen molar-refractivity contribution in [2.45, 2.75) is 30.9 Å². The molecular weight excluding hydrogens is 302 g/mol. The Kier molecular flexibility index (Phi) is 5.22. The van der Waals surface area contributed by atoms with Crippen LogP contribution in [-0.4, -0.2) is 31.6 Å². The van der Waals surface area contributed by atoms with Gasteiger partial charge >= 0.3 is 6.09 Å². The molecular formula is C11H15N3O6S. The lowest BCUT2D eigenvalue weighted by Crippen LogP contribution is -2.42. The zero-order chi connectivity index (χ0) is 16.2. The number of sulfonamides is 1. The maximum atomic E-state index is 12.1. The number of hydrogen-bond acceptors (Lipinski definition) is 6. The summed E-state index contributed by atoms with van der Waals surface area (Å²) in [4.78, 5) is 20.4. The fourth-order valence-corrected chi connectivity index (χ4v) is 2.75. The number of nitro groups is 1. The molecule has 0 aromatic heterocycles. The van der Waals surface area contributed by atoms with E-state index in [1.54, 1.807) is 0 Å². The van der Waals surface area contributed by atoms with Crippen molar-refractivity contribution in [1.82, 2.24) is 4.72 Å². The van der Waals surface area contributed by atoms with Gasteiger partial charge in [0.05, 0.1) is 15.9 Å². The summed E-state index contributed by atoms with van der Waals surface area (Å²) in [5.74, 6) is 0. The number of nitro benzene ring substituents is 1. The minimum absolute atomic E-state index is 0.133. The van der Waals surface area contributed by atoms with Crippen molar-refractivity contribution in [2.24, 2.45) is 5.73 Å². The first kappa shape index (κ1) is 16.9. The average molecular weight is 317 g/mol. The van der Waals surface area contributed by atoms with Gasteiger partial charge in [-0.15, -0.1) is 0 Å². The molecule has 0 heterocycles. The van der Waals surface area contributed by atoms with Gasteiger partial charge in [-0.1, -0.05) is 0 Å². The lowest BCUT2D eigenvalue weighted by molar-refractivity contribution is -0.384. The van der Waals surface area contributed by atoms with Crippen molar-refractivity contribution in [3.05, 3.63) is 34.4 Å². The van der Waals surface area contributed by atoms with E-state index in [9.17, 15) is 23.3 Å². The molecule has 116 valence electrons. The highest BCUT2D eigenvalue weighted by atomic mass is 32.2. The van der Waals surface area contributed by atoms with Gasteiger partial charge in [-0.2, -0.15) is 0 Å². The number of non-ortho nitro benzene ring substituents is 1. The smallest absolute Gasteiger partial charge is 0.404 e. The van der Waals surface area contributed by atoms with Crippen LogP contribution in [0.15, 0.2) is 29.2 Å². The first-order chi connectivity index (χ1) is 9.63. The van der Waals surface area contributed by atoms with E-state index in [0.717, 1.165) is 24.3 Å². The third kappa shape index (κ3) is 4.68. The first-order valence-corrected chi connectivity index (χ1v) is 7.34. The minimum atomic E-state index is -3.89. The van der Waals surface area contributed by atoms with Gasteiger partial charge in [0.25, 0.3) is 5.69 Å². The second-order valence-corrected chi connectivity index (χ2v) is 6.02. The van der Waals surface area contributed by atoms with Crippen LogP contribution in [0, 0.1) is 10.1 Å². The van der Waals surface area contributed by atoms with Crippen LogP contribution in [-0.2, 0) is 14.8 Å². The summed E-state index contributed by atoms with van der Waals surface area (Å²) in [6.07, 6.45) is -1.78. The normalized spacial score (nSPS) is 14.2. The molecule has 0 saturated carbocycles. The van der Waals surface area contributed by atoms with E-state index in [4.69, 9.17) is 5.73 Å². The van der Waals surface area contributed by atoms with Crippen LogP contribution in [0.4, 0.5) is 10.5 Å². The van der Waals surface area contributed by atoms with E-state index >= 15 is 0 Å². The van der Waals surface area contributed by atoms with Crippen molar-refractivity contribution in [3.63, 3.8) is 0 Å². The van der Waals surface area contributed by atoms with E-state index in [0.29, 0.717) is 0 Å². The van der Waals surface area contributed by atoms with Crippen molar-refractivity contribution in [1.29, 1.82) is 0 Å². The molecule has 2 unspecified atom stereocenters. The van der Waals surface area contributed by atoms with Crippen LogP contribution in [0.1, 0.15) is 13.8 Å². The second-order valence-electron chi connectivity index (χ2n) is 4.30. The third-order valence-electron chi connectivity index (χ3n) is 2.71. The molecule has 0 fully saturated rings. The van der Waals surface area contributed by atoms with Crippen molar-refractivity contribution < 1.29 is 22.9 Å². The number of nitrogens with one attached hydrogen (secondary N) is 1. The van der Waals surface area contributed by atoms with E-state index in [-0.39, 0.29) is 10.6 Å². The van der Waals surface area contributed by atoms with Gasteiger partial charge in [-0.3, -0.25) is 10.1 Å². The van der Waals surface area contributed by atoms with Gasteiger partial charge in [-0.25, -0.2) is 17.9 Å². The van der Waals surface area contributed by atoms with E-state index < -0.39 is 33.2 Å². The Balaban J connectivity index is 2.86. The van der Waals surface area contributed by atoms with Crippen LogP contribution in [0.25, 0.3) is 0 Å². The Morgan fingerprint density at radius 3 is 2.29 bits per heavy atom. The Hall–Kier alpha value is -2.20. The first-order valence-electron chi connectivity index (χ1n) is 5.86. The van der Waals surface area contributed by atoms with Crippen molar-refractivity contribution in [3.8, 4) is 0 Å². The summed E-state index contributed by atoms with van der Waals surface area (Å²) < 4.78 is 31.1. The Bertz CT molecular complexity index is 628. The van der Waals surface area contributed by atoms with Gasteiger partial charge < -0.3 is 10.5 Å². The summed E-state index contributed by atoms with van der Waals surface area (Å²) in [6.45, 7) is 2.98. The predicted octanol–water partition coefficient (Wildman–Crippen LogP) is 0.745. The quantitative estimate of drug-likeness (QED) is 0.585. The van der Waals surface area contributed by atoms with E-state index in [1.807, 2.05) is 0 Å². The molecule has 2 atom stereocenters. The molecule has 0 aliphatic rings. The monoisotopic (exact) mass is 317 g/mol. The van der Waals surface area contributed by atoms with Gasteiger partial charge in [-0.05, 0) is 26.0 Å². The van der Waals surface area contributed by atoms with E-state index in [2.05, 4.69) is 9.46 Å². The fraction of sp³-hybridized carbons (Fsp3) is 0.364. The molecule has 21 heavy (non-hydrogen) atoms. The summed E-state index contributed by atoms with van der Waals surface area (Å²) >= 11 is 0. The van der Waals surface area contributed by atoms with E-state index in [1.165, 1.54) is 13.8 Å². The Morgan fingerprint density at radius 2 is 1.86 bits per heavy atom. The number of amides is 1. The predicted molar refractivity (Wildman–Crippen MR) is 73.0 cm³/mol. The molecule has 0 aliphatic heterocycles. The Labute approximate surface area is 121 Å². The number of ether oxygens (including phenoxy) is 1. The van der Waals surface area contributed by atoms with Crippen LogP contribution in [0.5, 0.6) is 0 Å². The number of carbonyl (C=O) groups is 1. The lowest BCUT2D eigenvalue weighted by atomic mass is 10.2. The number of nitrogens with zero attached hydrogens (tertiary/aromatic N) is 1.